The van der Waals surface area contributed by atoms with Crippen molar-refractivity contribution < 1.29 is 14.7 Å². The second kappa shape index (κ2) is 7.35. The number of hydrogen-bond acceptors (Lipinski definition) is 4. The topological polar surface area (TPSA) is 90.2 Å². The van der Waals surface area contributed by atoms with Crippen molar-refractivity contribution in [2.45, 2.75) is 5.75 Å². The summed E-state index contributed by atoms with van der Waals surface area (Å²) in [5.74, 6) is -0.490. The Morgan fingerprint density at radius 3 is 2.56 bits per heavy atom. The van der Waals surface area contributed by atoms with Gasteiger partial charge in [-0.25, -0.2) is 0 Å². The van der Waals surface area contributed by atoms with Crippen LogP contribution in [0.2, 0.25) is 0 Å². The SMILES string of the molecule is N#Cc1ccc(CSCC(=O)NCC(=O)O)cc1. The Morgan fingerprint density at radius 2 is 2.00 bits per heavy atom. The maximum Gasteiger partial charge on any atom is 0.322 e. The van der Waals surface area contributed by atoms with Gasteiger partial charge in [-0.15, -0.1) is 11.8 Å². The van der Waals surface area contributed by atoms with Gasteiger partial charge >= 0.3 is 5.97 Å². The Bertz CT molecular complexity index is 465. The minimum atomic E-state index is -1.06. The maximum atomic E-state index is 11.2. The number of carbonyl (C=O) groups excluding carboxylic acids is 1. The number of amides is 1. The summed E-state index contributed by atoms with van der Waals surface area (Å²) >= 11 is 1.39. The Labute approximate surface area is 109 Å². The molecule has 18 heavy (non-hydrogen) atoms. The number of carbonyl (C=O) groups is 2. The highest BCUT2D eigenvalue weighted by Crippen LogP contribution is 2.12. The largest absolute Gasteiger partial charge is 0.480 e. The zero-order chi connectivity index (χ0) is 13.4. The Morgan fingerprint density at radius 1 is 1.33 bits per heavy atom. The lowest BCUT2D eigenvalue weighted by Crippen LogP contribution is -2.30. The summed E-state index contributed by atoms with van der Waals surface area (Å²) in [4.78, 5) is 21.4. The number of nitrogens with zero attached hydrogens (tertiary/aromatic N) is 1. The van der Waals surface area contributed by atoms with Crippen LogP contribution in [-0.4, -0.2) is 29.3 Å². The molecule has 94 valence electrons. The first-order chi connectivity index (χ1) is 8.61. The first kappa shape index (κ1) is 14.1. The third kappa shape index (κ3) is 5.37. The summed E-state index contributed by atoms with van der Waals surface area (Å²) in [7, 11) is 0. The molecule has 1 amide bonds. The third-order valence-electron chi connectivity index (χ3n) is 2.02. The van der Waals surface area contributed by atoms with Gasteiger partial charge in [-0.1, -0.05) is 12.1 Å². The summed E-state index contributed by atoms with van der Waals surface area (Å²) < 4.78 is 0. The molecule has 0 aliphatic heterocycles. The third-order valence-corrected chi connectivity index (χ3v) is 3.03. The summed E-state index contributed by atoms with van der Waals surface area (Å²) in [6.45, 7) is -0.351. The van der Waals surface area contributed by atoms with Crippen molar-refractivity contribution >= 4 is 23.6 Å². The molecular weight excluding hydrogens is 252 g/mol. The summed E-state index contributed by atoms with van der Waals surface area (Å²) in [6, 6.07) is 9.14. The number of benzene rings is 1. The number of nitriles is 1. The zero-order valence-electron chi connectivity index (χ0n) is 9.55. The molecule has 0 atom stereocenters. The van der Waals surface area contributed by atoms with Crippen LogP contribution in [0.1, 0.15) is 11.1 Å². The van der Waals surface area contributed by atoms with Crippen molar-refractivity contribution in [2.75, 3.05) is 12.3 Å². The van der Waals surface area contributed by atoms with E-state index in [1.54, 1.807) is 12.1 Å². The van der Waals surface area contributed by atoms with Crippen molar-refractivity contribution in [2.24, 2.45) is 0 Å². The van der Waals surface area contributed by atoms with Gasteiger partial charge in [-0.3, -0.25) is 9.59 Å². The fourth-order valence-corrected chi connectivity index (χ4v) is 1.98. The molecule has 6 heteroatoms. The lowest BCUT2D eigenvalue weighted by Gasteiger charge is -2.03. The quantitative estimate of drug-likeness (QED) is 0.799. The Balaban J connectivity index is 2.26. The van der Waals surface area contributed by atoms with Gasteiger partial charge in [0, 0.05) is 5.75 Å². The molecular formula is C12H12N2O3S. The number of aliphatic carboxylic acids is 1. The lowest BCUT2D eigenvalue weighted by molar-refractivity contribution is -0.137. The number of carboxylic acid groups (broad SMARTS) is 1. The second-order valence-corrected chi connectivity index (χ2v) is 4.46. The molecule has 0 aromatic heterocycles. The van der Waals surface area contributed by atoms with E-state index >= 15 is 0 Å². The smallest absolute Gasteiger partial charge is 0.322 e. The Kier molecular flexibility index (Phi) is 5.74. The van der Waals surface area contributed by atoms with Crippen LogP contribution in [0.15, 0.2) is 24.3 Å². The van der Waals surface area contributed by atoms with E-state index in [-0.39, 0.29) is 18.2 Å². The van der Waals surface area contributed by atoms with Crippen molar-refractivity contribution in [3.05, 3.63) is 35.4 Å². The van der Waals surface area contributed by atoms with E-state index in [9.17, 15) is 9.59 Å². The molecule has 0 spiro atoms. The highest BCUT2D eigenvalue weighted by atomic mass is 32.2. The molecule has 2 N–H and O–H groups in total. The Hall–Kier alpha value is -2.00. The molecule has 0 heterocycles. The number of hydrogen-bond donors (Lipinski definition) is 2. The number of thioether (sulfide) groups is 1. The monoisotopic (exact) mass is 264 g/mol. The average molecular weight is 264 g/mol. The van der Waals surface area contributed by atoms with Gasteiger partial charge in [0.05, 0.1) is 17.4 Å². The van der Waals surface area contributed by atoms with Crippen LogP contribution >= 0.6 is 11.8 Å². The molecule has 1 aromatic rings. The predicted molar refractivity (Wildman–Crippen MR) is 68.0 cm³/mol. The van der Waals surface area contributed by atoms with E-state index in [0.717, 1.165) is 5.56 Å². The molecule has 0 saturated carbocycles. The molecule has 1 rings (SSSR count). The fraction of sp³-hybridized carbons (Fsp3) is 0.250. The summed E-state index contributed by atoms with van der Waals surface area (Å²) in [6.07, 6.45) is 0. The van der Waals surface area contributed by atoms with E-state index in [1.807, 2.05) is 18.2 Å². The van der Waals surface area contributed by atoms with Crippen LogP contribution in [0.3, 0.4) is 0 Å². The van der Waals surface area contributed by atoms with E-state index in [0.29, 0.717) is 11.3 Å². The molecule has 0 aliphatic rings. The molecule has 1 aromatic carbocycles. The predicted octanol–water partition coefficient (Wildman–Crippen LogP) is 0.992. The van der Waals surface area contributed by atoms with Crippen LogP contribution in [0.25, 0.3) is 0 Å². The number of rotatable bonds is 6. The molecule has 0 bridgehead atoms. The number of carboxylic acids is 1. The molecule has 5 nitrogen and oxygen atoms in total. The zero-order valence-corrected chi connectivity index (χ0v) is 10.4. The van der Waals surface area contributed by atoms with Gasteiger partial charge in [0.2, 0.25) is 5.91 Å². The molecule has 0 fully saturated rings. The van der Waals surface area contributed by atoms with Crippen molar-refractivity contribution in [1.82, 2.24) is 5.32 Å². The van der Waals surface area contributed by atoms with Crippen molar-refractivity contribution in [3.63, 3.8) is 0 Å². The van der Waals surface area contributed by atoms with Crippen LogP contribution in [0.5, 0.6) is 0 Å². The molecule has 0 aliphatic carbocycles. The molecule has 0 unspecified atom stereocenters. The minimum Gasteiger partial charge on any atom is -0.480 e. The van der Waals surface area contributed by atoms with E-state index in [2.05, 4.69) is 5.32 Å². The highest BCUT2D eigenvalue weighted by molar-refractivity contribution is 7.99. The van der Waals surface area contributed by atoms with Gasteiger partial charge in [-0.05, 0) is 17.7 Å². The van der Waals surface area contributed by atoms with Gasteiger partial charge in [-0.2, -0.15) is 5.26 Å². The second-order valence-electron chi connectivity index (χ2n) is 3.47. The summed E-state index contributed by atoms with van der Waals surface area (Å²) in [5, 5.41) is 19.3. The average Bonchev–Trinajstić information content (AvgIpc) is 2.37. The van der Waals surface area contributed by atoms with Gasteiger partial charge < -0.3 is 10.4 Å². The summed E-state index contributed by atoms with van der Waals surface area (Å²) in [5.41, 5.74) is 1.62. The van der Waals surface area contributed by atoms with Crippen molar-refractivity contribution in [1.29, 1.82) is 5.26 Å². The van der Waals surface area contributed by atoms with Gasteiger partial charge in [0.15, 0.2) is 0 Å². The normalized spacial score (nSPS) is 9.50. The van der Waals surface area contributed by atoms with Crippen molar-refractivity contribution in [3.8, 4) is 6.07 Å². The van der Waals surface area contributed by atoms with E-state index in [1.165, 1.54) is 11.8 Å². The van der Waals surface area contributed by atoms with Crippen LogP contribution in [-0.2, 0) is 15.3 Å². The maximum absolute atomic E-state index is 11.2. The van der Waals surface area contributed by atoms with Crippen LogP contribution in [0, 0.1) is 11.3 Å². The first-order valence-corrected chi connectivity index (χ1v) is 6.32. The van der Waals surface area contributed by atoms with Crippen LogP contribution < -0.4 is 5.32 Å². The van der Waals surface area contributed by atoms with Crippen LogP contribution in [0.4, 0.5) is 0 Å². The number of nitrogens with one attached hydrogen (secondary N) is 1. The highest BCUT2D eigenvalue weighted by Gasteiger charge is 2.04. The van der Waals surface area contributed by atoms with E-state index in [4.69, 9.17) is 10.4 Å². The van der Waals surface area contributed by atoms with Gasteiger partial charge in [0.25, 0.3) is 0 Å². The lowest BCUT2D eigenvalue weighted by atomic mass is 10.2. The van der Waals surface area contributed by atoms with Gasteiger partial charge in [0.1, 0.15) is 6.54 Å². The molecule has 0 saturated heterocycles. The first-order valence-electron chi connectivity index (χ1n) is 5.17. The fourth-order valence-electron chi connectivity index (χ4n) is 1.16. The minimum absolute atomic E-state index is 0.216. The van der Waals surface area contributed by atoms with E-state index < -0.39 is 5.97 Å². The standard InChI is InChI=1S/C12H12N2O3S/c13-5-9-1-3-10(4-2-9)7-18-8-11(15)14-6-12(16)17/h1-4H,6-8H2,(H,14,15)(H,16,17). The molecule has 0 radical (unpaired) electrons.